The molecule has 1 atom stereocenters. The molecule has 2 N–H and O–H groups in total. The zero-order valence-electron chi connectivity index (χ0n) is 25.2. The van der Waals surface area contributed by atoms with Crippen LogP contribution >= 0.6 is 0 Å². The molecule has 5 rings (SSSR count). The number of anilines is 1. The number of nitrogens with two attached hydrogens (primary N) is 1. The highest BCUT2D eigenvalue weighted by molar-refractivity contribution is 5.98. The highest BCUT2D eigenvalue weighted by Gasteiger charge is 2.27. The molecule has 222 valence electrons. The molecule has 10 nitrogen and oxygen atoms in total. The van der Waals surface area contributed by atoms with Crippen LogP contribution in [0.4, 0.5) is 10.6 Å². The van der Waals surface area contributed by atoms with E-state index in [1.807, 2.05) is 77.2 Å². The number of ether oxygens (including phenoxy) is 1. The van der Waals surface area contributed by atoms with Crippen molar-refractivity contribution in [3.8, 4) is 0 Å². The van der Waals surface area contributed by atoms with Crippen molar-refractivity contribution in [1.29, 1.82) is 0 Å². The molecule has 0 aliphatic carbocycles. The Bertz CT molecular complexity index is 1660. The highest BCUT2D eigenvalue weighted by Crippen LogP contribution is 2.27. The maximum Gasteiger partial charge on any atom is 0.410 e. The molecule has 0 spiro atoms. The maximum atomic E-state index is 14.0. The summed E-state index contributed by atoms with van der Waals surface area (Å²) in [5.41, 5.74) is 10.4. The Morgan fingerprint density at radius 1 is 1.09 bits per heavy atom. The van der Waals surface area contributed by atoms with Gasteiger partial charge in [0.05, 0.1) is 23.8 Å². The fraction of sp³-hybridized carbons (Fsp3) is 0.333. The molecule has 0 saturated carbocycles. The first kappa shape index (κ1) is 29.6. The van der Waals surface area contributed by atoms with Gasteiger partial charge < -0.3 is 20.3 Å². The smallest absolute Gasteiger partial charge is 0.410 e. The summed E-state index contributed by atoms with van der Waals surface area (Å²) in [4.78, 5) is 47.8. The maximum absolute atomic E-state index is 14.0. The summed E-state index contributed by atoms with van der Waals surface area (Å²) in [6, 6.07) is 12.7. The SMILES string of the molecule is Cc1cc2cc(C(=O)N(Cc3ccc(C4=CCN(C(=O)OC(C)(C)C)CC4)cn3)C(C)c3ncccn3)ccc2nc1N. The van der Waals surface area contributed by atoms with E-state index in [1.165, 1.54) is 0 Å². The number of fused-ring (bicyclic) bond motifs is 1. The molecule has 0 fully saturated rings. The Morgan fingerprint density at radius 3 is 2.51 bits per heavy atom. The van der Waals surface area contributed by atoms with Gasteiger partial charge in [0.15, 0.2) is 0 Å². The third kappa shape index (κ3) is 6.97. The number of pyridine rings is 2. The van der Waals surface area contributed by atoms with Crippen molar-refractivity contribution < 1.29 is 14.3 Å². The number of benzene rings is 1. The lowest BCUT2D eigenvalue weighted by molar-refractivity contribution is 0.0270. The van der Waals surface area contributed by atoms with E-state index < -0.39 is 11.6 Å². The standard InChI is InChI=1S/C33H37N7O3/c1-21-17-26-18-24(8-10-28(26)38-29(21)34)31(41)40(22(2)30-35-13-6-14-36-30)20-27-9-7-25(19-37-27)23-11-15-39(16-12-23)32(42)43-33(3,4)5/h6-11,13-14,17-19,22H,12,15-16,20H2,1-5H3,(H2,34,38). The van der Waals surface area contributed by atoms with Crippen molar-refractivity contribution in [2.75, 3.05) is 18.8 Å². The lowest BCUT2D eigenvalue weighted by atomic mass is 10.0. The lowest BCUT2D eigenvalue weighted by Crippen LogP contribution is -2.39. The number of amides is 2. The minimum Gasteiger partial charge on any atom is -0.444 e. The van der Waals surface area contributed by atoms with Crippen LogP contribution < -0.4 is 5.73 Å². The van der Waals surface area contributed by atoms with Crippen molar-refractivity contribution in [2.45, 2.75) is 59.2 Å². The number of hydrogen-bond acceptors (Lipinski definition) is 8. The summed E-state index contributed by atoms with van der Waals surface area (Å²) in [5.74, 6) is 0.849. The first-order valence-electron chi connectivity index (χ1n) is 14.4. The van der Waals surface area contributed by atoms with Crippen LogP contribution in [0.1, 0.15) is 73.2 Å². The third-order valence-corrected chi connectivity index (χ3v) is 7.37. The van der Waals surface area contributed by atoms with Crippen LogP contribution in [0.5, 0.6) is 0 Å². The summed E-state index contributed by atoms with van der Waals surface area (Å²) < 4.78 is 5.50. The van der Waals surface area contributed by atoms with Crippen molar-refractivity contribution >= 4 is 34.3 Å². The zero-order valence-corrected chi connectivity index (χ0v) is 25.2. The van der Waals surface area contributed by atoms with E-state index in [0.29, 0.717) is 36.7 Å². The normalized spacial score (nSPS) is 14.3. The minimum atomic E-state index is -0.528. The number of nitrogens with zero attached hydrogens (tertiary/aromatic N) is 6. The molecule has 4 heterocycles. The van der Waals surface area contributed by atoms with Crippen LogP contribution in [0.3, 0.4) is 0 Å². The van der Waals surface area contributed by atoms with Gasteiger partial charge in [-0.3, -0.25) is 9.78 Å². The van der Waals surface area contributed by atoms with E-state index in [4.69, 9.17) is 15.5 Å². The van der Waals surface area contributed by atoms with Crippen molar-refractivity contribution in [3.05, 3.63) is 95.3 Å². The Morgan fingerprint density at radius 2 is 1.86 bits per heavy atom. The van der Waals surface area contributed by atoms with Gasteiger partial charge in [0.2, 0.25) is 0 Å². The summed E-state index contributed by atoms with van der Waals surface area (Å²) in [7, 11) is 0. The van der Waals surface area contributed by atoms with E-state index in [9.17, 15) is 9.59 Å². The van der Waals surface area contributed by atoms with E-state index in [2.05, 4.69) is 15.0 Å². The fourth-order valence-corrected chi connectivity index (χ4v) is 4.95. The molecule has 1 aromatic carbocycles. The average molecular weight is 580 g/mol. The second kappa shape index (κ2) is 12.2. The number of rotatable bonds is 6. The molecule has 1 aliphatic rings. The number of aryl methyl sites for hydroxylation is 1. The highest BCUT2D eigenvalue weighted by atomic mass is 16.6. The van der Waals surface area contributed by atoms with Crippen molar-refractivity contribution in [1.82, 2.24) is 29.7 Å². The molecule has 0 radical (unpaired) electrons. The van der Waals surface area contributed by atoms with Gasteiger partial charge in [-0.15, -0.1) is 0 Å². The zero-order chi connectivity index (χ0) is 30.7. The molecule has 1 aliphatic heterocycles. The second-order valence-corrected chi connectivity index (χ2v) is 11.8. The number of aromatic nitrogens is 4. The Balaban J connectivity index is 1.36. The number of carbonyl (C=O) groups excluding carboxylic acids is 2. The van der Waals surface area contributed by atoms with E-state index >= 15 is 0 Å². The topological polar surface area (TPSA) is 127 Å². The van der Waals surface area contributed by atoms with Crippen molar-refractivity contribution in [3.63, 3.8) is 0 Å². The van der Waals surface area contributed by atoms with Gasteiger partial charge in [0.25, 0.3) is 5.91 Å². The van der Waals surface area contributed by atoms with Gasteiger partial charge in [-0.25, -0.2) is 19.7 Å². The van der Waals surface area contributed by atoms with Crippen LogP contribution in [0.25, 0.3) is 16.5 Å². The molecule has 3 aromatic heterocycles. The van der Waals surface area contributed by atoms with Crippen LogP contribution in [0.2, 0.25) is 0 Å². The Hall–Kier alpha value is -4.86. The quantitative estimate of drug-likeness (QED) is 0.306. The monoisotopic (exact) mass is 579 g/mol. The summed E-state index contributed by atoms with van der Waals surface area (Å²) in [6.45, 7) is 10.7. The lowest BCUT2D eigenvalue weighted by Gasteiger charge is -2.30. The van der Waals surface area contributed by atoms with Gasteiger partial charge in [-0.2, -0.15) is 0 Å². The molecule has 0 saturated heterocycles. The van der Waals surface area contributed by atoms with Crippen LogP contribution in [0.15, 0.2) is 67.1 Å². The van der Waals surface area contributed by atoms with Gasteiger partial charge in [-0.05, 0) is 94.1 Å². The predicted octanol–water partition coefficient (Wildman–Crippen LogP) is 5.74. The van der Waals surface area contributed by atoms with E-state index in [-0.39, 0.29) is 18.5 Å². The number of carbonyl (C=O) groups is 2. The Labute approximate surface area is 251 Å². The molecule has 2 amide bonds. The van der Waals surface area contributed by atoms with E-state index in [0.717, 1.165) is 33.3 Å². The molecule has 1 unspecified atom stereocenters. The molecular weight excluding hydrogens is 542 g/mol. The largest absolute Gasteiger partial charge is 0.444 e. The fourth-order valence-electron chi connectivity index (χ4n) is 4.95. The van der Waals surface area contributed by atoms with Gasteiger partial charge in [0.1, 0.15) is 17.2 Å². The summed E-state index contributed by atoms with van der Waals surface area (Å²) in [6.07, 6.45) is 7.61. The van der Waals surface area contributed by atoms with E-state index in [1.54, 1.807) is 34.3 Å². The van der Waals surface area contributed by atoms with Gasteiger partial charge >= 0.3 is 6.09 Å². The molecular formula is C33H37N7O3. The number of hydrogen-bond donors (Lipinski definition) is 1. The minimum absolute atomic E-state index is 0.167. The average Bonchev–Trinajstić information content (AvgIpc) is 2.99. The second-order valence-electron chi connectivity index (χ2n) is 11.8. The molecule has 4 aromatic rings. The van der Waals surface area contributed by atoms with Crippen LogP contribution in [0, 0.1) is 6.92 Å². The summed E-state index contributed by atoms with van der Waals surface area (Å²) >= 11 is 0. The van der Waals surface area contributed by atoms with Gasteiger partial charge in [-0.1, -0.05) is 12.1 Å². The molecule has 0 bridgehead atoms. The van der Waals surface area contributed by atoms with Crippen LogP contribution in [-0.4, -0.2) is 60.4 Å². The molecule has 10 heteroatoms. The first-order valence-corrected chi connectivity index (χ1v) is 14.4. The van der Waals surface area contributed by atoms with Crippen LogP contribution in [-0.2, 0) is 11.3 Å². The van der Waals surface area contributed by atoms with Gasteiger partial charge in [0, 0.05) is 42.6 Å². The number of nitrogen functional groups attached to an aromatic ring is 1. The Kier molecular flexibility index (Phi) is 8.38. The third-order valence-electron chi connectivity index (χ3n) is 7.37. The summed E-state index contributed by atoms with van der Waals surface area (Å²) in [5, 5.41) is 0.842. The molecule has 43 heavy (non-hydrogen) atoms. The first-order chi connectivity index (χ1) is 20.5. The van der Waals surface area contributed by atoms with Crippen molar-refractivity contribution in [2.24, 2.45) is 0 Å². The predicted molar refractivity (Wildman–Crippen MR) is 166 cm³/mol.